The Morgan fingerprint density at radius 1 is 1.15 bits per heavy atom. The van der Waals surface area contributed by atoms with Crippen LogP contribution in [0, 0.1) is 0 Å². The number of pyridine rings is 2. The fourth-order valence-electron chi connectivity index (χ4n) is 3.92. The molecule has 3 heterocycles. The summed E-state index contributed by atoms with van der Waals surface area (Å²) in [6.45, 7) is 2.95. The molecule has 0 saturated heterocycles. The molecule has 0 unspecified atom stereocenters. The lowest BCUT2D eigenvalue weighted by atomic mass is 10.1. The Morgan fingerprint density at radius 3 is 2.71 bits per heavy atom. The summed E-state index contributed by atoms with van der Waals surface area (Å²) in [5.74, 6) is 0. The molecule has 34 heavy (non-hydrogen) atoms. The Bertz CT molecular complexity index is 1380. The average Bonchev–Trinajstić information content (AvgIpc) is 3.29. The van der Waals surface area contributed by atoms with Crippen molar-refractivity contribution in [2.75, 3.05) is 18.4 Å². The molecule has 7 nitrogen and oxygen atoms in total. The number of hydrogen-bond donors (Lipinski definition) is 2. The molecule has 0 aliphatic rings. The molecule has 0 fully saturated rings. The summed E-state index contributed by atoms with van der Waals surface area (Å²) in [7, 11) is 0. The van der Waals surface area contributed by atoms with E-state index in [0.29, 0.717) is 36.1 Å². The van der Waals surface area contributed by atoms with Crippen LogP contribution in [0.15, 0.2) is 59.8 Å². The van der Waals surface area contributed by atoms with E-state index in [1.807, 2.05) is 17.6 Å². The molecule has 0 atom stereocenters. The number of alkyl halides is 3. The number of halogens is 3. The highest BCUT2D eigenvalue weighted by molar-refractivity contribution is 6.02. The van der Waals surface area contributed by atoms with Crippen LogP contribution >= 0.6 is 0 Å². The highest BCUT2D eigenvalue weighted by Gasteiger charge is 2.33. The number of unbranched alkanes of at least 4 members (excludes halogenated alkanes) is 1. The number of aromatic amines is 1. The molecule has 0 spiro atoms. The summed E-state index contributed by atoms with van der Waals surface area (Å²) >= 11 is 0. The molecule has 0 aliphatic heterocycles. The summed E-state index contributed by atoms with van der Waals surface area (Å²) in [6.07, 6.45) is 1.85. The first kappa shape index (κ1) is 23.3. The van der Waals surface area contributed by atoms with E-state index in [2.05, 4.69) is 15.3 Å². The maximum absolute atomic E-state index is 13.4. The zero-order chi connectivity index (χ0) is 24.3. The van der Waals surface area contributed by atoms with E-state index in [-0.39, 0.29) is 17.7 Å². The number of nitrogens with zero attached hydrogens (tertiary/aromatic N) is 3. The van der Waals surface area contributed by atoms with Crippen molar-refractivity contribution in [2.45, 2.75) is 32.5 Å². The normalized spacial score (nSPS) is 11.8. The predicted molar refractivity (Wildman–Crippen MR) is 125 cm³/mol. The van der Waals surface area contributed by atoms with Gasteiger partial charge in [0.2, 0.25) is 0 Å². The SMILES string of the molecule is CCCCN(CCn1ccc(=O)c2cnc3[nH]ccc3c21)C(=O)Nc1ccccc1C(F)(F)F. The second-order valence-corrected chi connectivity index (χ2v) is 7.95. The van der Waals surface area contributed by atoms with E-state index in [0.717, 1.165) is 17.9 Å². The first-order valence-corrected chi connectivity index (χ1v) is 11.0. The molecule has 2 amide bonds. The van der Waals surface area contributed by atoms with Crippen LogP contribution in [0.25, 0.3) is 21.9 Å². The van der Waals surface area contributed by atoms with Crippen LogP contribution < -0.4 is 10.7 Å². The molecule has 2 N–H and O–H groups in total. The van der Waals surface area contributed by atoms with Crippen molar-refractivity contribution in [1.82, 2.24) is 19.4 Å². The minimum absolute atomic E-state index is 0.161. The van der Waals surface area contributed by atoms with E-state index in [9.17, 15) is 22.8 Å². The largest absolute Gasteiger partial charge is 0.418 e. The van der Waals surface area contributed by atoms with E-state index in [1.165, 1.54) is 35.4 Å². The van der Waals surface area contributed by atoms with Crippen LogP contribution in [-0.4, -0.2) is 38.6 Å². The van der Waals surface area contributed by atoms with E-state index in [1.54, 1.807) is 12.4 Å². The van der Waals surface area contributed by atoms with Gasteiger partial charge in [-0.15, -0.1) is 0 Å². The van der Waals surface area contributed by atoms with Crippen molar-refractivity contribution in [3.8, 4) is 0 Å². The molecule has 0 bridgehead atoms. The van der Waals surface area contributed by atoms with Gasteiger partial charge in [-0.1, -0.05) is 25.5 Å². The van der Waals surface area contributed by atoms with E-state index < -0.39 is 17.8 Å². The number of hydrogen-bond acceptors (Lipinski definition) is 3. The highest BCUT2D eigenvalue weighted by Crippen LogP contribution is 2.34. The predicted octanol–water partition coefficient (Wildman–Crippen LogP) is 5.23. The van der Waals surface area contributed by atoms with Gasteiger partial charge < -0.3 is 19.8 Å². The number of H-pyrrole nitrogens is 1. The number of aromatic nitrogens is 3. The number of para-hydroxylation sites is 1. The Hall–Kier alpha value is -3.82. The smallest absolute Gasteiger partial charge is 0.346 e. The van der Waals surface area contributed by atoms with Crippen LogP contribution in [0.5, 0.6) is 0 Å². The summed E-state index contributed by atoms with van der Waals surface area (Å²) in [6, 6.07) is 7.58. The molecule has 0 saturated carbocycles. The van der Waals surface area contributed by atoms with Crippen molar-refractivity contribution >= 4 is 33.7 Å². The first-order chi connectivity index (χ1) is 16.3. The monoisotopic (exact) mass is 471 g/mol. The number of anilines is 1. The number of urea groups is 1. The Morgan fingerprint density at radius 2 is 1.94 bits per heavy atom. The summed E-state index contributed by atoms with van der Waals surface area (Å²) in [4.78, 5) is 34.1. The Balaban J connectivity index is 1.60. The lowest BCUT2D eigenvalue weighted by molar-refractivity contribution is -0.136. The fourth-order valence-corrected chi connectivity index (χ4v) is 3.92. The first-order valence-electron chi connectivity index (χ1n) is 11.0. The number of amides is 2. The highest BCUT2D eigenvalue weighted by atomic mass is 19.4. The minimum Gasteiger partial charge on any atom is -0.346 e. The number of rotatable bonds is 7. The van der Waals surface area contributed by atoms with Crippen LogP contribution in [0.1, 0.15) is 25.3 Å². The zero-order valence-corrected chi connectivity index (χ0v) is 18.5. The number of nitrogens with one attached hydrogen (secondary N) is 2. The van der Waals surface area contributed by atoms with Crippen LogP contribution in [0.3, 0.4) is 0 Å². The van der Waals surface area contributed by atoms with Gasteiger partial charge in [0, 0.05) is 49.7 Å². The lowest BCUT2D eigenvalue weighted by Gasteiger charge is -2.25. The van der Waals surface area contributed by atoms with Crippen molar-refractivity contribution in [3.63, 3.8) is 0 Å². The molecule has 3 aromatic heterocycles. The number of benzene rings is 1. The molecule has 10 heteroatoms. The van der Waals surface area contributed by atoms with Gasteiger partial charge in [0.15, 0.2) is 5.43 Å². The Kier molecular flexibility index (Phi) is 6.58. The maximum atomic E-state index is 13.4. The van der Waals surface area contributed by atoms with E-state index >= 15 is 0 Å². The third kappa shape index (κ3) is 4.75. The van der Waals surface area contributed by atoms with Crippen LogP contribution in [0.2, 0.25) is 0 Å². The van der Waals surface area contributed by atoms with Gasteiger partial charge in [-0.2, -0.15) is 13.2 Å². The number of carbonyl (C=O) groups is 1. The Labute approximate surface area is 193 Å². The van der Waals surface area contributed by atoms with Crippen molar-refractivity contribution in [3.05, 3.63) is 70.8 Å². The van der Waals surface area contributed by atoms with Gasteiger partial charge in [-0.05, 0) is 24.6 Å². The van der Waals surface area contributed by atoms with Crippen LogP contribution in [-0.2, 0) is 12.7 Å². The van der Waals surface area contributed by atoms with Gasteiger partial charge in [0.25, 0.3) is 0 Å². The molecule has 0 aliphatic carbocycles. The molecule has 4 aromatic rings. The molecular weight excluding hydrogens is 447 g/mol. The summed E-state index contributed by atoms with van der Waals surface area (Å²) in [5, 5.41) is 3.66. The molecule has 1 aromatic carbocycles. The van der Waals surface area contributed by atoms with Gasteiger partial charge in [-0.25, -0.2) is 9.78 Å². The fraction of sp³-hybridized carbons (Fsp3) is 0.292. The second-order valence-electron chi connectivity index (χ2n) is 7.95. The number of fused-ring (bicyclic) bond motifs is 3. The quantitative estimate of drug-likeness (QED) is 0.387. The van der Waals surface area contributed by atoms with Gasteiger partial charge in [-0.3, -0.25) is 4.79 Å². The summed E-state index contributed by atoms with van der Waals surface area (Å²) < 4.78 is 41.9. The topological polar surface area (TPSA) is 83.0 Å². The van der Waals surface area contributed by atoms with Crippen molar-refractivity contribution < 1.29 is 18.0 Å². The number of carbonyl (C=O) groups excluding carboxylic acids is 1. The third-order valence-electron chi connectivity index (χ3n) is 5.67. The van der Waals surface area contributed by atoms with Crippen molar-refractivity contribution in [1.29, 1.82) is 0 Å². The van der Waals surface area contributed by atoms with Gasteiger partial charge >= 0.3 is 12.2 Å². The van der Waals surface area contributed by atoms with E-state index in [4.69, 9.17) is 0 Å². The second kappa shape index (κ2) is 9.58. The molecular formula is C24H24F3N5O2. The summed E-state index contributed by atoms with van der Waals surface area (Å²) in [5.41, 5.74) is -0.0117. The van der Waals surface area contributed by atoms with Gasteiger partial charge in [0.05, 0.1) is 22.2 Å². The maximum Gasteiger partial charge on any atom is 0.418 e. The standard InChI is InChI=1S/C24H24F3N5O2/c1-2-3-11-32(23(34)30-19-7-5-4-6-18(19)24(25,26)27)14-13-31-12-9-20(33)17-15-29-22-16(21(17)31)8-10-28-22/h4-10,12,15H,2-3,11,13-14H2,1H3,(H,28,29)(H,30,34). The average molecular weight is 471 g/mol. The third-order valence-corrected chi connectivity index (χ3v) is 5.67. The zero-order valence-electron chi connectivity index (χ0n) is 18.5. The molecule has 4 rings (SSSR count). The van der Waals surface area contributed by atoms with Crippen LogP contribution in [0.4, 0.5) is 23.7 Å². The van der Waals surface area contributed by atoms with Crippen molar-refractivity contribution in [2.24, 2.45) is 0 Å². The minimum atomic E-state index is -4.58. The lowest BCUT2D eigenvalue weighted by Crippen LogP contribution is -2.38. The molecule has 178 valence electrons. The van der Waals surface area contributed by atoms with Gasteiger partial charge in [0.1, 0.15) is 5.65 Å². The molecule has 0 radical (unpaired) electrons.